The Labute approximate surface area is 215 Å². The highest BCUT2D eigenvalue weighted by Crippen LogP contribution is 2.42. The minimum absolute atomic E-state index is 0.267. The van der Waals surface area contributed by atoms with Crippen LogP contribution < -0.4 is 5.73 Å². The summed E-state index contributed by atoms with van der Waals surface area (Å²) < 4.78 is 19.4. The van der Waals surface area contributed by atoms with E-state index in [-0.39, 0.29) is 12.2 Å². The summed E-state index contributed by atoms with van der Waals surface area (Å²) in [6.07, 6.45) is 2.92. The molecule has 6 nitrogen and oxygen atoms in total. The largest absolute Gasteiger partial charge is 0.452 e. The highest BCUT2D eigenvalue weighted by Gasteiger charge is 2.39. The first kappa shape index (κ1) is 23.2. The third-order valence-electron chi connectivity index (χ3n) is 6.79. The Morgan fingerprint density at radius 2 is 1.41 bits per heavy atom. The number of nitrogen functional groups attached to an aromatic ring is 1. The summed E-state index contributed by atoms with van der Waals surface area (Å²) in [5.41, 5.74) is 10.5. The SMILES string of the molecule is CC1=C[C@H](COC(c2ccccc2)(c2ccccc2)c2ccccc2)O[C@H]1c1cc2ncnc(N)c2o1. The van der Waals surface area contributed by atoms with Crippen molar-refractivity contribution in [2.45, 2.75) is 24.7 Å². The first-order chi connectivity index (χ1) is 18.1. The molecule has 1 aliphatic rings. The molecule has 2 aromatic heterocycles. The molecule has 0 fully saturated rings. The number of nitrogens with two attached hydrogens (primary N) is 1. The predicted molar refractivity (Wildman–Crippen MR) is 143 cm³/mol. The van der Waals surface area contributed by atoms with Gasteiger partial charge in [0.2, 0.25) is 0 Å². The molecule has 3 heterocycles. The van der Waals surface area contributed by atoms with Crippen LogP contribution in [0.2, 0.25) is 0 Å². The van der Waals surface area contributed by atoms with Gasteiger partial charge in [0.1, 0.15) is 35.4 Å². The quantitative estimate of drug-likeness (QED) is 0.216. The lowest BCUT2D eigenvalue weighted by atomic mass is 9.80. The summed E-state index contributed by atoms with van der Waals surface area (Å²) in [6, 6.07) is 32.8. The molecule has 6 rings (SSSR count). The standard InChI is InChI=1S/C31H27N3O3/c1-21-17-25(36-28(21)27-18-26-29(37-27)30(32)34-20-33-26)19-35-31(22-11-5-2-6-12-22,23-13-7-3-8-14-23)24-15-9-4-10-16-24/h2-18,20,25,28H,19H2,1H3,(H2,32,33,34)/t25-,28-/m1/s1. The highest BCUT2D eigenvalue weighted by atomic mass is 16.6. The molecule has 1 aliphatic heterocycles. The molecule has 3 aromatic carbocycles. The summed E-state index contributed by atoms with van der Waals surface area (Å²) in [6.45, 7) is 2.38. The van der Waals surface area contributed by atoms with Crippen molar-refractivity contribution < 1.29 is 13.9 Å². The third-order valence-corrected chi connectivity index (χ3v) is 6.79. The number of rotatable bonds is 7. The van der Waals surface area contributed by atoms with Crippen LogP contribution in [0.1, 0.15) is 35.5 Å². The van der Waals surface area contributed by atoms with Crippen LogP contribution in [0.15, 0.2) is 119 Å². The maximum atomic E-state index is 6.94. The van der Waals surface area contributed by atoms with Gasteiger partial charge in [-0.3, -0.25) is 0 Å². The first-order valence-electron chi connectivity index (χ1n) is 12.3. The molecule has 0 bridgehead atoms. The highest BCUT2D eigenvalue weighted by molar-refractivity contribution is 5.82. The predicted octanol–water partition coefficient (Wildman–Crippen LogP) is 6.20. The van der Waals surface area contributed by atoms with E-state index in [1.165, 1.54) is 6.33 Å². The van der Waals surface area contributed by atoms with Crippen molar-refractivity contribution in [2.24, 2.45) is 0 Å². The molecule has 6 heteroatoms. The normalized spacial score (nSPS) is 17.7. The van der Waals surface area contributed by atoms with Crippen LogP contribution in [0.5, 0.6) is 0 Å². The molecular formula is C31H27N3O3. The fraction of sp³-hybridized carbons (Fsp3) is 0.161. The van der Waals surface area contributed by atoms with Gasteiger partial charge in [0.25, 0.3) is 0 Å². The van der Waals surface area contributed by atoms with E-state index >= 15 is 0 Å². The molecule has 0 spiro atoms. The van der Waals surface area contributed by atoms with Crippen molar-refractivity contribution >= 4 is 16.9 Å². The van der Waals surface area contributed by atoms with Gasteiger partial charge >= 0.3 is 0 Å². The molecule has 184 valence electrons. The van der Waals surface area contributed by atoms with Gasteiger partial charge in [-0.1, -0.05) is 97.1 Å². The van der Waals surface area contributed by atoms with Gasteiger partial charge in [-0.25, -0.2) is 9.97 Å². The molecule has 0 aliphatic carbocycles. The van der Waals surface area contributed by atoms with Gasteiger partial charge < -0.3 is 19.6 Å². The van der Waals surface area contributed by atoms with E-state index < -0.39 is 5.60 Å². The van der Waals surface area contributed by atoms with E-state index in [1.54, 1.807) is 0 Å². The Morgan fingerprint density at radius 1 is 0.838 bits per heavy atom. The number of fused-ring (bicyclic) bond motifs is 1. The average Bonchev–Trinajstić information content (AvgIpc) is 3.55. The Bertz CT molecular complexity index is 1440. The van der Waals surface area contributed by atoms with E-state index in [0.29, 0.717) is 29.3 Å². The van der Waals surface area contributed by atoms with E-state index in [9.17, 15) is 0 Å². The topological polar surface area (TPSA) is 83.4 Å². The van der Waals surface area contributed by atoms with E-state index in [2.05, 4.69) is 52.4 Å². The Kier molecular flexibility index (Phi) is 6.04. The Morgan fingerprint density at radius 3 is 1.95 bits per heavy atom. The molecule has 0 amide bonds. The number of hydrogen-bond acceptors (Lipinski definition) is 6. The minimum Gasteiger partial charge on any atom is -0.452 e. The van der Waals surface area contributed by atoms with Gasteiger partial charge in [-0.05, 0) is 29.2 Å². The van der Waals surface area contributed by atoms with Gasteiger partial charge in [0.15, 0.2) is 11.4 Å². The number of hydrogen-bond donors (Lipinski definition) is 1. The number of anilines is 1. The van der Waals surface area contributed by atoms with Crippen LogP contribution in [-0.4, -0.2) is 22.7 Å². The molecule has 0 radical (unpaired) electrons. The van der Waals surface area contributed by atoms with Crippen LogP contribution in [0, 0.1) is 0 Å². The Balaban J connectivity index is 1.33. The molecule has 0 unspecified atom stereocenters. The zero-order chi connectivity index (χ0) is 25.2. The fourth-order valence-corrected chi connectivity index (χ4v) is 5.08. The lowest BCUT2D eigenvalue weighted by Crippen LogP contribution is -2.35. The summed E-state index contributed by atoms with van der Waals surface area (Å²) in [4.78, 5) is 8.28. The van der Waals surface area contributed by atoms with Crippen LogP contribution in [0.4, 0.5) is 5.82 Å². The van der Waals surface area contributed by atoms with E-state index in [0.717, 1.165) is 22.3 Å². The Hall–Kier alpha value is -4.26. The second kappa shape index (κ2) is 9.65. The second-order valence-electron chi connectivity index (χ2n) is 9.18. The first-order valence-corrected chi connectivity index (χ1v) is 12.3. The van der Waals surface area contributed by atoms with Crippen molar-refractivity contribution in [2.75, 3.05) is 12.3 Å². The maximum Gasteiger partial charge on any atom is 0.194 e. The summed E-state index contributed by atoms with van der Waals surface area (Å²) in [5, 5.41) is 0. The number of furan rings is 1. The molecule has 2 N–H and O–H groups in total. The van der Waals surface area contributed by atoms with Gasteiger partial charge in [0.05, 0.1) is 6.61 Å². The monoisotopic (exact) mass is 489 g/mol. The second-order valence-corrected chi connectivity index (χ2v) is 9.18. The van der Waals surface area contributed by atoms with Crippen molar-refractivity contribution in [3.63, 3.8) is 0 Å². The van der Waals surface area contributed by atoms with Crippen LogP contribution in [0.25, 0.3) is 11.1 Å². The zero-order valence-corrected chi connectivity index (χ0v) is 20.5. The maximum absolute atomic E-state index is 6.94. The van der Waals surface area contributed by atoms with Crippen molar-refractivity contribution in [1.82, 2.24) is 9.97 Å². The van der Waals surface area contributed by atoms with Crippen molar-refractivity contribution in [1.29, 1.82) is 0 Å². The summed E-state index contributed by atoms with van der Waals surface area (Å²) in [7, 11) is 0. The number of nitrogens with zero attached hydrogens (tertiary/aromatic N) is 2. The van der Waals surface area contributed by atoms with Crippen molar-refractivity contribution in [3.05, 3.63) is 137 Å². The zero-order valence-electron chi connectivity index (χ0n) is 20.5. The summed E-state index contributed by atoms with van der Waals surface area (Å²) >= 11 is 0. The van der Waals surface area contributed by atoms with Crippen molar-refractivity contribution in [3.8, 4) is 0 Å². The number of benzene rings is 3. The molecule has 0 saturated heterocycles. The van der Waals surface area contributed by atoms with Gasteiger partial charge in [0, 0.05) is 6.07 Å². The lowest BCUT2D eigenvalue weighted by molar-refractivity contribution is -0.0579. The van der Waals surface area contributed by atoms with Crippen LogP contribution in [0.3, 0.4) is 0 Å². The van der Waals surface area contributed by atoms with E-state index in [1.807, 2.05) is 67.6 Å². The third kappa shape index (κ3) is 4.20. The number of ether oxygens (including phenoxy) is 2. The van der Waals surface area contributed by atoms with E-state index in [4.69, 9.17) is 19.6 Å². The molecule has 5 aromatic rings. The molecular weight excluding hydrogens is 462 g/mol. The summed E-state index contributed by atoms with van der Waals surface area (Å²) in [5.74, 6) is 0.966. The molecule has 37 heavy (non-hydrogen) atoms. The van der Waals surface area contributed by atoms with Gasteiger partial charge in [-0.15, -0.1) is 0 Å². The fourth-order valence-electron chi connectivity index (χ4n) is 5.08. The number of aromatic nitrogens is 2. The van der Waals surface area contributed by atoms with Crippen LogP contribution >= 0.6 is 0 Å². The smallest absolute Gasteiger partial charge is 0.194 e. The average molecular weight is 490 g/mol. The molecule has 0 saturated carbocycles. The minimum atomic E-state index is -0.809. The lowest BCUT2D eigenvalue weighted by Gasteiger charge is -2.36. The van der Waals surface area contributed by atoms with Gasteiger partial charge in [-0.2, -0.15) is 0 Å². The van der Waals surface area contributed by atoms with Crippen LogP contribution in [-0.2, 0) is 15.1 Å². The molecule has 2 atom stereocenters.